The molecule has 0 aromatic rings. The molecule has 2 aliphatic rings. The molecule has 62 valence electrons. The van der Waals surface area contributed by atoms with Crippen LogP contribution in [0.4, 0.5) is 0 Å². The van der Waals surface area contributed by atoms with Gasteiger partial charge >= 0.3 is 0 Å². The Labute approximate surface area is 67.6 Å². The summed E-state index contributed by atoms with van der Waals surface area (Å²) in [5, 5.41) is 0. The first-order valence-corrected chi connectivity index (χ1v) is 4.62. The van der Waals surface area contributed by atoms with Crippen LogP contribution in [0.3, 0.4) is 0 Å². The standard InChI is InChI=1S/C9H15NO/c11-9-5-4-8-3-1-2-6-10(8)7-9/h8H,1-7H2/t8-/m1/s1. The number of Topliss-reactive ketones (excluding diaryl/α,β-unsaturated/α-hetero) is 1. The van der Waals surface area contributed by atoms with Crippen LogP contribution in [0.1, 0.15) is 32.1 Å². The van der Waals surface area contributed by atoms with Crippen molar-refractivity contribution in [2.75, 3.05) is 13.1 Å². The molecule has 2 aliphatic heterocycles. The number of ketones is 1. The van der Waals surface area contributed by atoms with Crippen LogP contribution in [0.2, 0.25) is 0 Å². The molecule has 0 saturated carbocycles. The summed E-state index contributed by atoms with van der Waals surface area (Å²) in [4.78, 5) is 13.4. The van der Waals surface area contributed by atoms with Gasteiger partial charge in [-0.25, -0.2) is 0 Å². The van der Waals surface area contributed by atoms with Crippen molar-refractivity contribution >= 4 is 5.78 Å². The van der Waals surface area contributed by atoms with E-state index in [1.54, 1.807) is 0 Å². The predicted octanol–water partition coefficient (Wildman–Crippen LogP) is 1.20. The topological polar surface area (TPSA) is 20.3 Å². The molecule has 2 heteroatoms. The lowest BCUT2D eigenvalue weighted by Crippen LogP contribution is -2.46. The summed E-state index contributed by atoms with van der Waals surface area (Å²) in [7, 11) is 0. The van der Waals surface area contributed by atoms with Gasteiger partial charge in [0, 0.05) is 12.5 Å². The number of carbonyl (C=O) groups excluding carboxylic acids is 1. The van der Waals surface area contributed by atoms with Crippen LogP contribution in [0.25, 0.3) is 0 Å². The fourth-order valence-electron chi connectivity index (χ4n) is 2.23. The van der Waals surface area contributed by atoms with Crippen molar-refractivity contribution in [1.29, 1.82) is 0 Å². The normalized spacial score (nSPS) is 33.5. The van der Waals surface area contributed by atoms with E-state index in [0.717, 1.165) is 32.0 Å². The summed E-state index contributed by atoms with van der Waals surface area (Å²) in [6.07, 6.45) is 5.95. The van der Waals surface area contributed by atoms with E-state index in [1.807, 2.05) is 0 Å². The van der Waals surface area contributed by atoms with Crippen molar-refractivity contribution in [3.63, 3.8) is 0 Å². The lowest BCUT2D eigenvalue weighted by molar-refractivity contribution is -0.124. The highest BCUT2D eigenvalue weighted by atomic mass is 16.1. The Morgan fingerprint density at radius 2 is 2.18 bits per heavy atom. The predicted molar refractivity (Wildman–Crippen MR) is 43.5 cm³/mol. The molecule has 0 bridgehead atoms. The summed E-state index contributed by atoms with van der Waals surface area (Å²) in [5.74, 6) is 0.447. The molecule has 0 amide bonds. The Balaban J connectivity index is 1.98. The molecule has 0 unspecified atom stereocenters. The van der Waals surface area contributed by atoms with Crippen LogP contribution >= 0.6 is 0 Å². The molecule has 2 saturated heterocycles. The lowest BCUT2D eigenvalue weighted by atomic mass is 9.93. The van der Waals surface area contributed by atoms with Crippen LogP contribution in [0, 0.1) is 0 Å². The zero-order valence-electron chi connectivity index (χ0n) is 6.88. The third-order valence-corrected chi connectivity index (χ3v) is 2.88. The van der Waals surface area contributed by atoms with Crippen LogP contribution in [0.15, 0.2) is 0 Å². The Bertz CT molecular complexity index is 167. The minimum atomic E-state index is 0.447. The summed E-state index contributed by atoms with van der Waals surface area (Å²) in [6.45, 7) is 1.90. The number of hydrogen-bond acceptors (Lipinski definition) is 2. The third-order valence-electron chi connectivity index (χ3n) is 2.88. The monoisotopic (exact) mass is 153 g/mol. The number of carbonyl (C=O) groups is 1. The Kier molecular flexibility index (Phi) is 1.95. The van der Waals surface area contributed by atoms with E-state index in [2.05, 4.69) is 4.90 Å². The molecule has 0 N–H and O–H groups in total. The highest BCUT2D eigenvalue weighted by Crippen LogP contribution is 2.24. The number of fused-ring (bicyclic) bond motifs is 1. The number of hydrogen-bond donors (Lipinski definition) is 0. The first-order chi connectivity index (χ1) is 5.36. The zero-order chi connectivity index (χ0) is 7.68. The summed E-state index contributed by atoms with van der Waals surface area (Å²) in [6, 6.07) is 0.751. The highest BCUT2D eigenvalue weighted by Gasteiger charge is 2.28. The molecular weight excluding hydrogens is 138 g/mol. The van der Waals surface area contributed by atoms with Crippen LogP contribution in [-0.4, -0.2) is 29.8 Å². The molecular formula is C9H15NO. The fraction of sp³-hybridized carbons (Fsp3) is 0.889. The van der Waals surface area contributed by atoms with Gasteiger partial charge < -0.3 is 0 Å². The molecule has 0 aromatic carbocycles. The Morgan fingerprint density at radius 3 is 3.09 bits per heavy atom. The third kappa shape index (κ3) is 1.45. The highest BCUT2D eigenvalue weighted by molar-refractivity contribution is 5.81. The number of rotatable bonds is 0. The maximum Gasteiger partial charge on any atom is 0.146 e. The minimum Gasteiger partial charge on any atom is -0.298 e. The number of nitrogens with zero attached hydrogens (tertiary/aromatic N) is 1. The van der Waals surface area contributed by atoms with E-state index >= 15 is 0 Å². The molecule has 2 heterocycles. The van der Waals surface area contributed by atoms with E-state index < -0.39 is 0 Å². The van der Waals surface area contributed by atoms with Gasteiger partial charge in [0.05, 0.1) is 6.54 Å². The second-order valence-electron chi connectivity index (χ2n) is 3.70. The smallest absolute Gasteiger partial charge is 0.146 e. The van der Waals surface area contributed by atoms with E-state index in [0.29, 0.717) is 5.78 Å². The maximum atomic E-state index is 11.1. The molecule has 2 fully saturated rings. The maximum absolute atomic E-state index is 11.1. The van der Waals surface area contributed by atoms with E-state index in [4.69, 9.17) is 0 Å². The molecule has 0 aliphatic carbocycles. The van der Waals surface area contributed by atoms with Gasteiger partial charge in [0.2, 0.25) is 0 Å². The average Bonchev–Trinajstić information content (AvgIpc) is 2.04. The first kappa shape index (κ1) is 7.29. The SMILES string of the molecule is O=C1CC[C@H]2CCCCN2C1. The van der Waals surface area contributed by atoms with Gasteiger partial charge in [-0.05, 0) is 25.8 Å². The molecule has 11 heavy (non-hydrogen) atoms. The Hall–Kier alpha value is -0.370. The van der Waals surface area contributed by atoms with E-state index in [1.165, 1.54) is 19.3 Å². The second kappa shape index (κ2) is 2.94. The minimum absolute atomic E-state index is 0.447. The summed E-state index contributed by atoms with van der Waals surface area (Å²) >= 11 is 0. The second-order valence-corrected chi connectivity index (χ2v) is 3.70. The van der Waals surface area contributed by atoms with Gasteiger partial charge in [-0.1, -0.05) is 6.42 Å². The molecule has 2 rings (SSSR count). The first-order valence-electron chi connectivity index (χ1n) is 4.62. The lowest BCUT2D eigenvalue weighted by Gasteiger charge is -2.38. The fourth-order valence-corrected chi connectivity index (χ4v) is 2.23. The molecule has 1 atom stereocenters. The van der Waals surface area contributed by atoms with Crippen molar-refractivity contribution in [3.8, 4) is 0 Å². The largest absolute Gasteiger partial charge is 0.298 e. The zero-order valence-corrected chi connectivity index (χ0v) is 6.88. The van der Waals surface area contributed by atoms with Crippen molar-refractivity contribution in [2.24, 2.45) is 0 Å². The summed E-state index contributed by atoms with van der Waals surface area (Å²) < 4.78 is 0. The van der Waals surface area contributed by atoms with Gasteiger partial charge in [0.1, 0.15) is 5.78 Å². The summed E-state index contributed by atoms with van der Waals surface area (Å²) in [5.41, 5.74) is 0. The molecule has 0 radical (unpaired) electrons. The van der Waals surface area contributed by atoms with Gasteiger partial charge in [-0.3, -0.25) is 9.69 Å². The average molecular weight is 153 g/mol. The molecule has 2 nitrogen and oxygen atoms in total. The molecule has 0 aromatic heterocycles. The van der Waals surface area contributed by atoms with Crippen LogP contribution < -0.4 is 0 Å². The van der Waals surface area contributed by atoms with Crippen molar-refractivity contribution in [1.82, 2.24) is 4.90 Å². The van der Waals surface area contributed by atoms with Gasteiger partial charge in [-0.2, -0.15) is 0 Å². The quantitative estimate of drug-likeness (QED) is 0.521. The van der Waals surface area contributed by atoms with E-state index in [9.17, 15) is 4.79 Å². The van der Waals surface area contributed by atoms with E-state index in [-0.39, 0.29) is 0 Å². The van der Waals surface area contributed by atoms with Crippen molar-refractivity contribution in [3.05, 3.63) is 0 Å². The Morgan fingerprint density at radius 1 is 1.27 bits per heavy atom. The van der Waals surface area contributed by atoms with Crippen molar-refractivity contribution < 1.29 is 4.79 Å². The molecule has 0 spiro atoms. The van der Waals surface area contributed by atoms with Crippen LogP contribution in [-0.2, 0) is 4.79 Å². The number of piperidine rings is 2. The van der Waals surface area contributed by atoms with Crippen LogP contribution in [0.5, 0.6) is 0 Å². The van der Waals surface area contributed by atoms with Gasteiger partial charge in [-0.15, -0.1) is 0 Å². The van der Waals surface area contributed by atoms with Gasteiger partial charge in [0.15, 0.2) is 0 Å². The van der Waals surface area contributed by atoms with Crippen molar-refractivity contribution in [2.45, 2.75) is 38.1 Å². The van der Waals surface area contributed by atoms with Gasteiger partial charge in [0.25, 0.3) is 0 Å².